The summed E-state index contributed by atoms with van der Waals surface area (Å²) in [6.07, 6.45) is 3.14. The Morgan fingerprint density at radius 2 is 1.80 bits per heavy atom. The van der Waals surface area contributed by atoms with E-state index in [1.165, 1.54) is 6.08 Å². The molecule has 0 aliphatic carbocycles. The summed E-state index contributed by atoms with van der Waals surface area (Å²) < 4.78 is 0. The maximum atomic E-state index is 11.8. The Morgan fingerprint density at radius 1 is 1.10 bits per heavy atom. The van der Waals surface area contributed by atoms with Gasteiger partial charge in [0.2, 0.25) is 5.91 Å². The van der Waals surface area contributed by atoms with Crippen molar-refractivity contribution < 1.29 is 4.79 Å². The molecule has 5 heteroatoms. The van der Waals surface area contributed by atoms with Crippen LogP contribution in [-0.2, 0) is 4.79 Å². The van der Waals surface area contributed by atoms with E-state index in [0.29, 0.717) is 21.4 Å². The molecule has 0 aromatic heterocycles. The molecule has 0 spiro atoms. The summed E-state index contributed by atoms with van der Waals surface area (Å²) in [4.78, 5) is 11.8. The zero-order valence-electron chi connectivity index (χ0n) is 10.4. The molecule has 102 valence electrons. The van der Waals surface area contributed by atoms with Crippen molar-refractivity contribution in [3.63, 3.8) is 0 Å². The van der Waals surface area contributed by atoms with E-state index in [1.807, 2.05) is 12.1 Å². The number of carbonyl (C=O) groups excluding carboxylic acids is 1. The molecule has 1 amide bonds. The zero-order chi connectivity index (χ0) is 14.5. The van der Waals surface area contributed by atoms with E-state index in [-0.39, 0.29) is 5.91 Å². The van der Waals surface area contributed by atoms with Crippen molar-refractivity contribution in [3.8, 4) is 0 Å². The number of hydrogen-bond acceptors (Lipinski definition) is 2. The van der Waals surface area contributed by atoms with Gasteiger partial charge in [-0.05, 0) is 42.0 Å². The van der Waals surface area contributed by atoms with Crippen molar-refractivity contribution in [2.75, 3.05) is 11.1 Å². The van der Waals surface area contributed by atoms with Gasteiger partial charge in [-0.15, -0.1) is 0 Å². The van der Waals surface area contributed by atoms with Gasteiger partial charge in [-0.1, -0.05) is 35.3 Å². The van der Waals surface area contributed by atoms with Crippen LogP contribution in [0.2, 0.25) is 10.0 Å². The van der Waals surface area contributed by atoms with Crippen molar-refractivity contribution in [2.24, 2.45) is 0 Å². The van der Waals surface area contributed by atoms with E-state index in [1.54, 1.807) is 36.4 Å². The van der Waals surface area contributed by atoms with Gasteiger partial charge in [0.25, 0.3) is 0 Å². The fourth-order valence-electron chi connectivity index (χ4n) is 1.55. The SMILES string of the molecule is Nc1cc(NC(=O)/C=C/c2ccc(Cl)cc2)ccc1Cl. The minimum Gasteiger partial charge on any atom is -0.397 e. The lowest BCUT2D eigenvalue weighted by atomic mass is 10.2. The number of nitrogen functional groups attached to an aromatic ring is 1. The summed E-state index contributed by atoms with van der Waals surface area (Å²) in [6.45, 7) is 0. The number of benzene rings is 2. The molecule has 0 bridgehead atoms. The van der Waals surface area contributed by atoms with Gasteiger partial charge in [0.1, 0.15) is 0 Å². The van der Waals surface area contributed by atoms with Crippen molar-refractivity contribution >= 4 is 46.6 Å². The van der Waals surface area contributed by atoms with Gasteiger partial charge in [0.15, 0.2) is 0 Å². The van der Waals surface area contributed by atoms with Gasteiger partial charge in [-0.3, -0.25) is 4.79 Å². The van der Waals surface area contributed by atoms with Gasteiger partial charge < -0.3 is 11.1 Å². The Kier molecular flexibility index (Phi) is 4.66. The van der Waals surface area contributed by atoms with E-state index < -0.39 is 0 Å². The number of halogens is 2. The molecule has 3 nitrogen and oxygen atoms in total. The lowest BCUT2D eigenvalue weighted by molar-refractivity contribution is -0.111. The van der Waals surface area contributed by atoms with Crippen LogP contribution in [0.3, 0.4) is 0 Å². The Morgan fingerprint density at radius 3 is 2.45 bits per heavy atom. The third-order valence-electron chi connectivity index (χ3n) is 2.56. The summed E-state index contributed by atoms with van der Waals surface area (Å²) >= 11 is 11.6. The molecule has 0 heterocycles. The number of nitrogens with two attached hydrogens (primary N) is 1. The predicted octanol–water partition coefficient (Wildman–Crippen LogP) is 4.23. The normalized spacial score (nSPS) is 10.7. The molecule has 0 aliphatic rings. The Hall–Kier alpha value is -1.97. The molecule has 2 aromatic rings. The monoisotopic (exact) mass is 306 g/mol. The maximum absolute atomic E-state index is 11.8. The molecule has 3 N–H and O–H groups in total. The highest BCUT2D eigenvalue weighted by molar-refractivity contribution is 6.33. The molecule has 2 rings (SSSR count). The molecular formula is C15H12Cl2N2O. The number of carbonyl (C=O) groups is 1. The third kappa shape index (κ3) is 4.02. The minimum atomic E-state index is -0.248. The highest BCUT2D eigenvalue weighted by atomic mass is 35.5. The standard InChI is InChI=1S/C15H12Cl2N2O/c16-11-4-1-10(2-5-11)3-8-15(20)19-12-6-7-13(17)14(18)9-12/h1-9H,18H2,(H,19,20)/b8-3+. The first-order chi connectivity index (χ1) is 9.54. The molecule has 0 saturated carbocycles. The molecular weight excluding hydrogens is 295 g/mol. The fraction of sp³-hybridized carbons (Fsp3) is 0. The first-order valence-electron chi connectivity index (χ1n) is 5.84. The highest BCUT2D eigenvalue weighted by Gasteiger charge is 2.01. The van der Waals surface area contributed by atoms with E-state index in [2.05, 4.69) is 5.32 Å². The van der Waals surface area contributed by atoms with Crippen molar-refractivity contribution in [3.05, 3.63) is 64.1 Å². The number of amides is 1. The molecule has 0 aliphatic heterocycles. The summed E-state index contributed by atoms with van der Waals surface area (Å²) in [5.74, 6) is -0.248. The van der Waals surface area contributed by atoms with E-state index in [4.69, 9.17) is 28.9 Å². The molecule has 2 aromatic carbocycles. The third-order valence-corrected chi connectivity index (χ3v) is 3.16. The summed E-state index contributed by atoms with van der Waals surface area (Å²) in [6, 6.07) is 12.1. The summed E-state index contributed by atoms with van der Waals surface area (Å²) in [5, 5.41) is 3.81. The first-order valence-corrected chi connectivity index (χ1v) is 6.60. The van der Waals surface area contributed by atoms with E-state index >= 15 is 0 Å². The lowest BCUT2D eigenvalue weighted by Crippen LogP contribution is -2.07. The van der Waals surface area contributed by atoms with Crippen molar-refractivity contribution in [1.82, 2.24) is 0 Å². The summed E-state index contributed by atoms with van der Waals surface area (Å²) in [7, 11) is 0. The second-order valence-corrected chi connectivity index (χ2v) is 4.95. The number of anilines is 2. The van der Waals surface area contributed by atoms with Crippen LogP contribution in [0.25, 0.3) is 6.08 Å². The zero-order valence-corrected chi connectivity index (χ0v) is 11.9. The van der Waals surface area contributed by atoms with Crippen LogP contribution in [0, 0.1) is 0 Å². The second-order valence-electron chi connectivity index (χ2n) is 4.11. The lowest BCUT2D eigenvalue weighted by Gasteiger charge is -2.04. The molecule has 20 heavy (non-hydrogen) atoms. The Balaban J connectivity index is 2.01. The average Bonchev–Trinajstić information content (AvgIpc) is 2.42. The Bertz CT molecular complexity index is 651. The molecule has 0 fully saturated rings. The molecule has 0 radical (unpaired) electrons. The maximum Gasteiger partial charge on any atom is 0.248 e. The van der Waals surface area contributed by atoms with Crippen LogP contribution in [-0.4, -0.2) is 5.91 Å². The van der Waals surface area contributed by atoms with E-state index in [0.717, 1.165) is 5.56 Å². The van der Waals surface area contributed by atoms with Gasteiger partial charge in [0, 0.05) is 16.8 Å². The number of hydrogen-bond donors (Lipinski definition) is 2. The van der Waals surface area contributed by atoms with Gasteiger partial charge >= 0.3 is 0 Å². The van der Waals surface area contributed by atoms with Crippen LogP contribution < -0.4 is 11.1 Å². The molecule has 0 unspecified atom stereocenters. The number of rotatable bonds is 3. The van der Waals surface area contributed by atoms with Gasteiger partial charge in [-0.2, -0.15) is 0 Å². The van der Waals surface area contributed by atoms with Crippen molar-refractivity contribution in [2.45, 2.75) is 0 Å². The van der Waals surface area contributed by atoms with Crippen LogP contribution >= 0.6 is 23.2 Å². The van der Waals surface area contributed by atoms with Gasteiger partial charge in [0.05, 0.1) is 10.7 Å². The number of nitrogens with one attached hydrogen (secondary N) is 1. The first kappa shape index (κ1) is 14.4. The van der Waals surface area contributed by atoms with Crippen molar-refractivity contribution in [1.29, 1.82) is 0 Å². The van der Waals surface area contributed by atoms with Crippen LogP contribution in [0.1, 0.15) is 5.56 Å². The van der Waals surface area contributed by atoms with E-state index in [9.17, 15) is 4.79 Å². The topological polar surface area (TPSA) is 55.1 Å². The Labute approximate surface area is 127 Å². The van der Waals surface area contributed by atoms with Crippen LogP contribution in [0.15, 0.2) is 48.5 Å². The average molecular weight is 307 g/mol. The molecule has 0 saturated heterocycles. The predicted molar refractivity (Wildman–Crippen MR) is 85.0 cm³/mol. The smallest absolute Gasteiger partial charge is 0.248 e. The fourth-order valence-corrected chi connectivity index (χ4v) is 1.79. The van der Waals surface area contributed by atoms with Crippen LogP contribution in [0.5, 0.6) is 0 Å². The minimum absolute atomic E-state index is 0.248. The quantitative estimate of drug-likeness (QED) is 0.658. The highest BCUT2D eigenvalue weighted by Crippen LogP contribution is 2.22. The molecule has 0 atom stereocenters. The van der Waals surface area contributed by atoms with Gasteiger partial charge in [-0.25, -0.2) is 0 Å². The van der Waals surface area contributed by atoms with Crippen LogP contribution in [0.4, 0.5) is 11.4 Å². The second kappa shape index (κ2) is 6.46. The largest absolute Gasteiger partial charge is 0.397 e. The summed E-state index contributed by atoms with van der Waals surface area (Å²) in [5.41, 5.74) is 7.57.